The lowest BCUT2D eigenvalue weighted by atomic mass is 10.1. The second-order valence-electron chi connectivity index (χ2n) is 8.05. The van der Waals surface area contributed by atoms with Crippen LogP contribution in [-0.2, 0) is 0 Å². The maximum atomic E-state index is 6.21. The number of nitrogens with zero attached hydrogens (tertiary/aromatic N) is 1. The van der Waals surface area contributed by atoms with Gasteiger partial charge < -0.3 is 24.8 Å². The molecule has 0 radical (unpaired) electrons. The van der Waals surface area contributed by atoms with Crippen molar-refractivity contribution in [1.82, 2.24) is 10.3 Å². The summed E-state index contributed by atoms with van der Waals surface area (Å²) in [7, 11) is 1.65. The molecule has 33 heavy (non-hydrogen) atoms. The molecule has 0 bridgehead atoms. The molecule has 0 spiro atoms. The largest absolute Gasteiger partial charge is 0.495 e. The molecule has 1 aliphatic rings. The number of rotatable bonds is 7. The summed E-state index contributed by atoms with van der Waals surface area (Å²) in [5.74, 6) is 3.81. The van der Waals surface area contributed by atoms with E-state index in [0.717, 1.165) is 59.7 Å². The number of fused-ring (bicyclic) bond motifs is 1. The molecule has 2 heterocycles. The van der Waals surface area contributed by atoms with E-state index in [1.54, 1.807) is 7.11 Å². The highest BCUT2D eigenvalue weighted by Gasteiger charge is 2.15. The highest BCUT2D eigenvalue weighted by atomic mass is 16.5. The molecule has 1 aliphatic heterocycles. The summed E-state index contributed by atoms with van der Waals surface area (Å²) in [6.45, 7) is 2.01. The first-order chi connectivity index (χ1) is 16.3. The number of hydrogen-bond donors (Lipinski definition) is 2. The number of anilines is 2. The van der Waals surface area contributed by atoms with E-state index in [2.05, 4.69) is 27.8 Å². The molecule has 0 amide bonds. The summed E-state index contributed by atoms with van der Waals surface area (Å²) in [4.78, 5) is 4.58. The first kappa shape index (κ1) is 21.1. The fourth-order valence-corrected chi connectivity index (χ4v) is 3.98. The summed E-state index contributed by atoms with van der Waals surface area (Å²) in [6.07, 6.45) is 4.19. The van der Waals surface area contributed by atoms with Crippen molar-refractivity contribution >= 4 is 22.3 Å². The summed E-state index contributed by atoms with van der Waals surface area (Å²) in [6, 6.07) is 23.5. The normalized spacial score (nSPS) is 14.1. The van der Waals surface area contributed by atoms with E-state index in [0.29, 0.717) is 11.5 Å². The third kappa shape index (κ3) is 5.18. The average molecular weight is 442 g/mol. The standard InChI is InChI=1S/C27H27N3O3/c1-31-26-10-9-24(32-21-5-3-2-4-6-21)17-25(26)30-27-16-20-15-23(8-7-19(20)18-29-27)33-22-11-13-28-14-12-22/h2-10,15-18,22,28H,11-14H2,1H3,(H,29,30). The Morgan fingerprint density at radius 1 is 0.848 bits per heavy atom. The number of methoxy groups -OCH3 is 1. The minimum atomic E-state index is 0.264. The Balaban J connectivity index is 1.37. The van der Waals surface area contributed by atoms with Gasteiger partial charge in [-0.3, -0.25) is 0 Å². The second kappa shape index (κ2) is 9.79. The number of aromatic nitrogens is 1. The number of pyridine rings is 1. The molecule has 0 aliphatic carbocycles. The predicted molar refractivity (Wildman–Crippen MR) is 131 cm³/mol. The van der Waals surface area contributed by atoms with Crippen LogP contribution in [0.25, 0.3) is 10.8 Å². The smallest absolute Gasteiger partial charge is 0.142 e. The molecule has 6 nitrogen and oxygen atoms in total. The zero-order valence-corrected chi connectivity index (χ0v) is 18.6. The number of hydrogen-bond acceptors (Lipinski definition) is 6. The molecule has 0 saturated carbocycles. The summed E-state index contributed by atoms with van der Waals surface area (Å²) in [5.41, 5.74) is 0.778. The van der Waals surface area contributed by atoms with Crippen molar-refractivity contribution in [3.05, 3.63) is 79.0 Å². The van der Waals surface area contributed by atoms with Crippen LogP contribution < -0.4 is 24.8 Å². The Kier molecular flexibility index (Phi) is 6.26. The van der Waals surface area contributed by atoms with Crippen LogP contribution in [-0.4, -0.2) is 31.3 Å². The molecule has 0 atom stereocenters. The van der Waals surface area contributed by atoms with Crippen LogP contribution in [0, 0.1) is 0 Å². The first-order valence-corrected chi connectivity index (χ1v) is 11.2. The van der Waals surface area contributed by atoms with Crippen molar-refractivity contribution in [2.24, 2.45) is 0 Å². The van der Waals surface area contributed by atoms with Crippen molar-refractivity contribution in [3.8, 4) is 23.0 Å². The van der Waals surface area contributed by atoms with Crippen LogP contribution in [0.4, 0.5) is 11.5 Å². The summed E-state index contributed by atoms with van der Waals surface area (Å²) >= 11 is 0. The quantitative estimate of drug-likeness (QED) is 0.372. The fourth-order valence-electron chi connectivity index (χ4n) is 3.98. The second-order valence-corrected chi connectivity index (χ2v) is 8.05. The van der Waals surface area contributed by atoms with Crippen LogP contribution in [0.15, 0.2) is 79.0 Å². The van der Waals surface area contributed by atoms with Gasteiger partial charge in [0.2, 0.25) is 0 Å². The van der Waals surface area contributed by atoms with Gasteiger partial charge in [0.1, 0.15) is 34.9 Å². The highest BCUT2D eigenvalue weighted by molar-refractivity contribution is 5.86. The molecule has 0 unspecified atom stereocenters. The number of ether oxygens (including phenoxy) is 3. The van der Waals surface area contributed by atoms with E-state index < -0.39 is 0 Å². The fraction of sp³-hybridized carbons (Fsp3) is 0.222. The van der Waals surface area contributed by atoms with Gasteiger partial charge in [-0.1, -0.05) is 18.2 Å². The van der Waals surface area contributed by atoms with Gasteiger partial charge in [0, 0.05) is 17.6 Å². The van der Waals surface area contributed by atoms with E-state index in [1.807, 2.05) is 66.9 Å². The predicted octanol–water partition coefficient (Wildman–Crippen LogP) is 5.91. The Bertz CT molecular complexity index is 1220. The molecule has 1 saturated heterocycles. The third-order valence-electron chi connectivity index (χ3n) is 5.69. The molecule has 1 fully saturated rings. The lowest BCUT2D eigenvalue weighted by Gasteiger charge is -2.24. The van der Waals surface area contributed by atoms with Crippen molar-refractivity contribution in [3.63, 3.8) is 0 Å². The van der Waals surface area contributed by atoms with Gasteiger partial charge in [-0.05, 0) is 79.8 Å². The Labute approximate surface area is 193 Å². The van der Waals surface area contributed by atoms with E-state index in [9.17, 15) is 0 Å². The Morgan fingerprint density at radius 3 is 2.48 bits per heavy atom. The molecular weight excluding hydrogens is 414 g/mol. The maximum Gasteiger partial charge on any atom is 0.142 e. The summed E-state index contributed by atoms with van der Waals surface area (Å²) < 4.78 is 17.7. The van der Waals surface area contributed by atoms with Crippen LogP contribution >= 0.6 is 0 Å². The van der Waals surface area contributed by atoms with Gasteiger partial charge in [-0.15, -0.1) is 0 Å². The van der Waals surface area contributed by atoms with E-state index in [4.69, 9.17) is 14.2 Å². The molecule has 2 N–H and O–H groups in total. The molecule has 5 rings (SSSR count). The van der Waals surface area contributed by atoms with E-state index in [1.165, 1.54) is 0 Å². The lowest BCUT2D eigenvalue weighted by molar-refractivity contribution is 0.162. The van der Waals surface area contributed by atoms with Gasteiger partial charge in [-0.25, -0.2) is 4.98 Å². The van der Waals surface area contributed by atoms with Gasteiger partial charge in [0.15, 0.2) is 0 Å². The number of piperidine rings is 1. The van der Waals surface area contributed by atoms with Crippen molar-refractivity contribution in [2.45, 2.75) is 18.9 Å². The number of benzene rings is 3. The molecular formula is C27H27N3O3. The first-order valence-electron chi connectivity index (χ1n) is 11.2. The van der Waals surface area contributed by atoms with Gasteiger partial charge >= 0.3 is 0 Å². The zero-order chi connectivity index (χ0) is 22.5. The minimum absolute atomic E-state index is 0.264. The SMILES string of the molecule is COc1ccc(Oc2ccccc2)cc1Nc1cc2cc(OC3CCNCC3)ccc2cn1. The molecule has 1 aromatic heterocycles. The van der Waals surface area contributed by atoms with Crippen molar-refractivity contribution < 1.29 is 14.2 Å². The van der Waals surface area contributed by atoms with E-state index >= 15 is 0 Å². The van der Waals surface area contributed by atoms with Crippen LogP contribution in [0.3, 0.4) is 0 Å². The van der Waals surface area contributed by atoms with Crippen LogP contribution in [0.2, 0.25) is 0 Å². The topological polar surface area (TPSA) is 64.6 Å². The molecule has 3 aromatic carbocycles. The van der Waals surface area contributed by atoms with Crippen LogP contribution in [0.1, 0.15) is 12.8 Å². The molecule has 4 aromatic rings. The molecule has 168 valence electrons. The van der Waals surface area contributed by atoms with Crippen LogP contribution in [0.5, 0.6) is 23.0 Å². The lowest BCUT2D eigenvalue weighted by Crippen LogP contribution is -2.34. The van der Waals surface area contributed by atoms with Crippen molar-refractivity contribution in [1.29, 1.82) is 0 Å². The zero-order valence-electron chi connectivity index (χ0n) is 18.6. The van der Waals surface area contributed by atoms with E-state index in [-0.39, 0.29) is 6.10 Å². The summed E-state index contributed by atoms with van der Waals surface area (Å²) in [5, 5.41) is 8.88. The molecule has 6 heteroatoms. The van der Waals surface area contributed by atoms with Crippen molar-refractivity contribution in [2.75, 3.05) is 25.5 Å². The third-order valence-corrected chi connectivity index (χ3v) is 5.69. The maximum absolute atomic E-state index is 6.21. The van der Waals surface area contributed by atoms with Gasteiger partial charge in [-0.2, -0.15) is 0 Å². The van der Waals surface area contributed by atoms with Gasteiger partial charge in [0.25, 0.3) is 0 Å². The average Bonchev–Trinajstić information content (AvgIpc) is 2.85. The highest BCUT2D eigenvalue weighted by Crippen LogP contribution is 2.34. The van der Waals surface area contributed by atoms with Gasteiger partial charge in [0.05, 0.1) is 12.8 Å². The Hall–Kier alpha value is -3.77. The number of nitrogens with one attached hydrogen (secondary N) is 2. The number of para-hydroxylation sites is 1. The monoisotopic (exact) mass is 441 g/mol. The Morgan fingerprint density at radius 2 is 1.67 bits per heavy atom. The minimum Gasteiger partial charge on any atom is -0.495 e.